The third-order valence-electron chi connectivity index (χ3n) is 3.88. The third-order valence-corrected chi connectivity index (χ3v) is 3.88. The van der Waals surface area contributed by atoms with Gasteiger partial charge < -0.3 is 20.5 Å². The second-order valence-corrected chi connectivity index (χ2v) is 5.71. The van der Waals surface area contributed by atoms with Crippen LogP contribution >= 0.6 is 0 Å². The van der Waals surface area contributed by atoms with Gasteiger partial charge in [-0.3, -0.25) is 4.99 Å². The summed E-state index contributed by atoms with van der Waals surface area (Å²) < 4.78 is 5.68. The molecule has 0 saturated carbocycles. The molecule has 0 heterocycles. The molecule has 0 amide bonds. The van der Waals surface area contributed by atoms with Crippen molar-refractivity contribution in [3.8, 4) is 5.75 Å². The number of nitrogens with zero attached hydrogens (tertiary/aromatic N) is 1. The third kappa shape index (κ3) is 7.37. The second-order valence-electron chi connectivity index (χ2n) is 5.71. The van der Waals surface area contributed by atoms with Gasteiger partial charge >= 0.3 is 0 Å². The fourth-order valence-corrected chi connectivity index (χ4v) is 2.01. The van der Waals surface area contributed by atoms with Gasteiger partial charge in [-0.25, -0.2) is 0 Å². The quantitative estimate of drug-likeness (QED) is 0.371. The predicted octanol–water partition coefficient (Wildman–Crippen LogP) is 2.48. The normalized spacial score (nSPS) is 12.1. The van der Waals surface area contributed by atoms with E-state index in [1.807, 2.05) is 45.0 Å². The number of aliphatic imine (C=N–C) groups is 1. The van der Waals surface area contributed by atoms with Gasteiger partial charge in [0.1, 0.15) is 12.4 Å². The van der Waals surface area contributed by atoms with Crippen molar-refractivity contribution in [2.24, 2.45) is 4.99 Å². The summed E-state index contributed by atoms with van der Waals surface area (Å²) >= 11 is 0. The van der Waals surface area contributed by atoms with E-state index in [-0.39, 0.29) is 0 Å². The van der Waals surface area contributed by atoms with Crippen molar-refractivity contribution in [3.05, 3.63) is 29.8 Å². The molecule has 0 atom stereocenters. The zero-order chi connectivity index (χ0) is 17.1. The summed E-state index contributed by atoms with van der Waals surface area (Å²) in [5.74, 6) is 1.58. The van der Waals surface area contributed by atoms with E-state index >= 15 is 0 Å². The van der Waals surface area contributed by atoms with Crippen LogP contribution in [0.5, 0.6) is 5.75 Å². The van der Waals surface area contributed by atoms with Gasteiger partial charge in [-0.15, -0.1) is 0 Å². The summed E-state index contributed by atoms with van der Waals surface area (Å²) in [6, 6.07) is 8.00. The number of hydrogen-bond acceptors (Lipinski definition) is 3. The maximum atomic E-state index is 10.3. The molecule has 0 radical (unpaired) electrons. The molecule has 130 valence electrons. The molecule has 0 saturated heterocycles. The fraction of sp³-hybridized carbons (Fsp3) is 0.611. The van der Waals surface area contributed by atoms with E-state index in [1.54, 1.807) is 0 Å². The summed E-state index contributed by atoms with van der Waals surface area (Å²) in [6.07, 6.45) is 1.39. The number of rotatable bonds is 9. The van der Waals surface area contributed by atoms with Gasteiger partial charge in [0.2, 0.25) is 0 Å². The topological polar surface area (TPSA) is 65.9 Å². The van der Waals surface area contributed by atoms with Gasteiger partial charge in [-0.05, 0) is 38.8 Å². The van der Waals surface area contributed by atoms with Crippen molar-refractivity contribution in [1.29, 1.82) is 0 Å². The molecular weight excluding hydrogens is 290 g/mol. The lowest BCUT2D eigenvalue weighted by atomic mass is 9.98. The second kappa shape index (κ2) is 10.1. The molecule has 5 nitrogen and oxygen atoms in total. The molecule has 23 heavy (non-hydrogen) atoms. The maximum Gasteiger partial charge on any atom is 0.191 e. The van der Waals surface area contributed by atoms with E-state index in [9.17, 15) is 5.11 Å². The van der Waals surface area contributed by atoms with Crippen LogP contribution in [0.3, 0.4) is 0 Å². The minimum Gasteiger partial charge on any atom is -0.492 e. The highest BCUT2D eigenvalue weighted by molar-refractivity contribution is 5.79. The van der Waals surface area contributed by atoms with Crippen LogP contribution in [0, 0.1) is 6.92 Å². The number of hydrogen-bond donors (Lipinski definition) is 3. The molecular formula is C18H31N3O2. The fourth-order valence-electron chi connectivity index (χ4n) is 2.01. The average molecular weight is 321 g/mol. The number of guanidine groups is 1. The highest BCUT2D eigenvalue weighted by atomic mass is 16.5. The number of aliphatic hydroxyl groups is 1. The molecule has 0 spiro atoms. The SMILES string of the molecule is CCNC(=NCC(O)(CC)CC)NCCOc1ccc(C)cc1. The summed E-state index contributed by atoms with van der Waals surface area (Å²) in [6.45, 7) is 10.4. The van der Waals surface area contributed by atoms with Crippen molar-refractivity contribution in [1.82, 2.24) is 10.6 Å². The standard InChI is InChI=1S/C18H31N3O2/c1-5-18(22,6-2)14-21-17(19-7-3)20-12-13-23-16-10-8-15(4)9-11-16/h8-11,22H,5-7,12-14H2,1-4H3,(H2,19,20,21). The summed E-state index contributed by atoms with van der Waals surface area (Å²) in [4.78, 5) is 4.47. The average Bonchev–Trinajstić information content (AvgIpc) is 2.57. The Hall–Kier alpha value is -1.75. The summed E-state index contributed by atoms with van der Waals surface area (Å²) in [7, 11) is 0. The predicted molar refractivity (Wildman–Crippen MR) is 96.2 cm³/mol. The number of ether oxygens (including phenoxy) is 1. The smallest absolute Gasteiger partial charge is 0.191 e. The van der Waals surface area contributed by atoms with Crippen LogP contribution in [0.2, 0.25) is 0 Å². The lowest BCUT2D eigenvalue weighted by Gasteiger charge is -2.23. The van der Waals surface area contributed by atoms with Crippen molar-refractivity contribution < 1.29 is 9.84 Å². The largest absolute Gasteiger partial charge is 0.492 e. The van der Waals surface area contributed by atoms with Crippen LogP contribution in [0.15, 0.2) is 29.3 Å². The Kier molecular flexibility index (Phi) is 8.48. The molecule has 1 aromatic carbocycles. The Morgan fingerprint density at radius 1 is 1.13 bits per heavy atom. The van der Waals surface area contributed by atoms with E-state index in [0.717, 1.165) is 12.3 Å². The first-order valence-electron chi connectivity index (χ1n) is 8.47. The molecule has 1 rings (SSSR count). The van der Waals surface area contributed by atoms with Gasteiger partial charge in [-0.1, -0.05) is 31.5 Å². The van der Waals surface area contributed by atoms with Crippen LogP contribution in [0.1, 0.15) is 39.2 Å². The summed E-state index contributed by atoms with van der Waals surface area (Å²) in [5, 5.41) is 16.7. The Bertz CT molecular complexity index is 468. The molecule has 0 aromatic heterocycles. The molecule has 0 aliphatic carbocycles. The van der Waals surface area contributed by atoms with Crippen molar-refractivity contribution in [2.75, 3.05) is 26.2 Å². The Labute approximate surface area is 140 Å². The minimum atomic E-state index is -0.721. The molecule has 0 fully saturated rings. The Morgan fingerprint density at radius 2 is 1.78 bits per heavy atom. The first-order valence-corrected chi connectivity index (χ1v) is 8.47. The van der Waals surface area contributed by atoms with Gasteiger partial charge in [0.05, 0.1) is 18.7 Å². The highest BCUT2D eigenvalue weighted by Crippen LogP contribution is 2.14. The first kappa shape index (κ1) is 19.3. The minimum absolute atomic E-state index is 0.397. The number of nitrogens with one attached hydrogen (secondary N) is 2. The molecule has 0 bridgehead atoms. The van der Waals surface area contributed by atoms with Gasteiger partial charge in [0.15, 0.2) is 5.96 Å². The maximum absolute atomic E-state index is 10.3. The lowest BCUT2D eigenvalue weighted by Crippen LogP contribution is -2.41. The van der Waals surface area contributed by atoms with Crippen LogP contribution in [0.25, 0.3) is 0 Å². The lowest BCUT2D eigenvalue weighted by molar-refractivity contribution is 0.0418. The van der Waals surface area contributed by atoms with Crippen LogP contribution in [0.4, 0.5) is 0 Å². The first-order chi connectivity index (χ1) is 11.0. The molecule has 0 aliphatic heterocycles. The van der Waals surface area contributed by atoms with Crippen molar-refractivity contribution in [2.45, 2.75) is 46.1 Å². The number of benzene rings is 1. The van der Waals surface area contributed by atoms with Crippen LogP contribution in [-0.2, 0) is 0 Å². The van der Waals surface area contributed by atoms with E-state index in [2.05, 4.69) is 22.5 Å². The number of aryl methyl sites for hydroxylation is 1. The Morgan fingerprint density at radius 3 is 2.35 bits per heavy atom. The van der Waals surface area contributed by atoms with Gasteiger partial charge in [-0.2, -0.15) is 0 Å². The van der Waals surface area contributed by atoms with E-state index in [1.165, 1.54) is 5.56 Å². The molecule has 3 N–H and O–H groups in total. The van der Waals surface area contributed by atoms with Gasteiger partial charge in [0, 0.05) is 6.54 Å². The van der Waals surface area contributed by atoms with E-state index in [4.69, 9.17) is 4.74 Å². The van der Waals surface area contributed by atoms with E-state index in [0.29, 0.717) is 38.5 Å². The van der Waals surface area contributed by atoms with E-state index < -0.39 is 5.60 Å². The van der Waals surface area contributed by atoms with Crippen molar-refractivity contribution >= 4 is 5.96 Å². The molecule has 5 heteroatoms. The van der Waals surface area contributed by atoms with Crippen LogP contribution < -0.4 is 15.4 Å². The summed E-state index contributed by atoms with van der Waals surface area (Å²) in [5.41, 5.74) is 0.497. The monoisotopic (exact) mass is 321 g/mol. The Balaban J connectivity index is 2.42. The molecule has 1 aromatic rings. The zero-order valence-electron chi connectivity index (χ0n) is 14.9. The highest BCUT2D eigenvalue weighted by Gasteiger charge is 2.21. The van der Waals surface area contributed by atoms with Gasteiger partial charge in [0.25, 0.3) is 0 Å². The van der Waals surface area contributed by atoms with Crippen molar-refractivity contribution in [3.63, 3.8) is 0 Å². The zero-order valence-corrected chi connectivity index (χ0v) is 14.9. The van der Waals surface area contributed by atoms with Crippen LogP contribution in [-0.4, -0.2) is 42.9 Å². The molecule has 0 aliphatic rings. The molecule has 0 unspecified atom stereocenters.